The van der Waals surface area contributed by atoms with Crippen molar-refractivity contribution in [2.45, 2.75) is 122 Å². The smallest absolute Gasteiger partial charge is 0.305 e. The second kappa shape index (κ2) is 17.9. The fraction of sp³-hybridized carbons (Fsp3) is 0.875. The molecule has 1 unspecified atom stereocenters. The monoisotopic (exact) mass is 412 g/mol. The third kappa shape index (κ3) is 13.8. The Labute approximate surface area is 177 Å². The molecule has 29 heavy (non-hydrogen) atoms. The van der Waals surface area contributed by atoms with E-state index in [1.54, 1.807) is 0 Å². The first-order chi connectivity index (χ1) is 14.1. The van der Waals surface area contributed by atoms with E-state index >= 15 is 0 Å². The molecule has 1 saturated heterocycles. The van der Waals surface area contributed by atoms with E-state index in [0.717, 1.165) is 25.7 Å². The summed E-state index contributed by atoms with van der Waals surface area (Å²) in [7, 11) is 0. The largest absolute Gasteiger partial charge is 0.463 e. The van der Waals surface area contributed by atoms with Crippen LogP contribution >= 0.6 is 0 Å². The molecule has 0 aromatic heterocycles. The van der Waals surface area contributed by atoms with Crippen LogP contribution in [0.15, 0.2) is 12.2 Å². The highest BCUT2D eigenvalue weighted by Crippen LogP contribution is 2.17. The van der Waals surface area contributed by atoms with E-state index < -0.39 is 18.3 Å². The molecule has 170 valence electrons. The Balaban J connectivity index is 1.84. The molecule has 0 saturated carbocycles. The van der Waals surface area contributed by atoms with Crippen molar-refractivity contribution in [3.05, 3.63) is 12.2 Å². The molecule has 5 heteroatoms. The van der Waals surface area contributed by atoms with Gasteiger partial charge < -0.3 is 19.7 Å². The number of unbranched alkanes of at least 4 members (excludes halogenated alkanes) is 11. The molecule has 1 aliphatic rings. The maximum Gasteiger partial charge on any atom is 0.305 e. The molecule has 0 aromatic carbocycles. The van der Waals surface area contributed by atoms with Gasteiger partial charge in [0, 0.05) is 13.0 Å². The topological polar surface area (TPSA) is 76.0 Å². The average Bonchev–Trinajstić information content (AvgIpc) is 3.15. The van der Waals surface area contributed by atoms with Crippen molar-refractivity contribution in [1.29, 1.82) is 0 Å². The summed E-state index contributed by atoms with van der Waals surface area (Å²) in [6, 6.07) is 0. The van der Waals surface area contributed by atoms with E-state index in [2.05, 4.69) is 19.1 Å². The summed E-state index contributed by atoms with van der Waals surface area (Å²) in [6.45, 7) is 2.59. The van der Waals surface area contributed by atoms with Crippen molar-refractivity contribution in [1.82, 2.24) is 0 Å². The van der Waals surface area contributed by atoms with Gasteiger partial charge >= 0.3 is 5.97 Å². The maximum absolute atomic E-state index is 11.7. The standard InChI is InChI=1S/C24H44O5/c1-2-3-4-5-6-7-8-9-10-11-12-13-14-15-16-17-23(27)29-20-22(26)24-21(25)18-19-28-24/h9-10,21-22,24-26H,2-8,11-20H2,1H3/b10-9-/t21-,22?,24+/m1/s1. The van der Waals surface area contributed by atoms with Gasteiger partial charge in [-0.15, -0.1) is 0 Å². The zero-order valence-corrected chi connectivity index (χ0v) is 18.5. The summed E-state index contributed by atoms with van der Waals surface area (Å²) >= 11 is 0. The average molecular weight is 413 g/mol. The van der Waals surface area contributed by atoms with Gasteiger partial charge in [0.15, 0.2) is 0 Å². The molecule has 1 rings (SSSR count). The highest BCUT2D eigenvalue weighted by Gasteiger charge is 2.33. The van der Waals surface area contributed by atoms with Crippen molar-refractivity contribution in [2.24, 2.45) is 0 Å². The van der Waals surface area contributed by atoms with E-state index in [0.29, 0.717) is 19.4 Å². The Morgan fingerprint density at radius 1 is 1.00 bits per heavy atom. The predicted molar refractivity (Wildman–Crippen MR) is 117 cm³/mol. The lowest BCUT2D eigenvalue weighted by Gasteiger charge is -2.20. The second-order valence-electron chi connectivity index (χ2n) is 8.28. The van der Waals surface area contributed by atoms with Crippen LogP contribution in [0, 0.1) is 0 Å². The van der Waals surface area contributed by atoms with Gasteiger partial charge in [-0.3, -0.25) is 4.79 Å². The van der Waals surface area contributed by atoms with Crippen molar-refractivity contribution < 1.29 is 24.5 Å². The SMILES string of the molecule is CCCCCCCC/C=C\CCCCCCCC(=O)OCC(O)[C@H]1OCC[C@H]1O. The summed E-state index contributed by atoms with van der Waals surface area (Å²) in [5, 5.41) is 19.6. The first kappa shape index (κ1) is 26.1. The molecule has 2 N–H and O–H groups in total. The van der Waals surface area contributed by atoms with Crippen LogP contribution < -0.4 is 0 Å². The fourth-order valence-electron chi connectivity index (χ4n) is 3.65. The third-order valence-corrected chi connectivity index (χ3v) is 5.54. The molecule has 0 aliphatic carbocycles. The van der Waals surface area contributed by atoms with E-state index in [9.17, 15) is 15.0 Å². The molecule has 0 aromatic rings. The first-order valence-electron chi connectivity index (χ1n) is 11.9. The van der Waals surface area contributed by atoms with Gasteiger partial charge in [0.05, 0.1) is 6.10 Å². The zero-order chi connectivity index (χ0) is 21.2. The third-order valence-electron chi connectivity index (χ3n) is 5.54. The lowest BCUT2D eigenvalue weighted by Crippen LogP contribution is -2.38. The zero-order valence-electron chi connectivity index (χ0n) is 18.5. The number of aliphatic hydroxyl groups excluding tert-OH is 2. The molecular formula is C24H44O5. The number of carbonyl (C=O) groups is 1. The van der Waals surface area contributed by atoms with Crippen LogP contribution in [0.5, 0.6) is 0 Å². The number of aliphatic hydroxyl groups is 2. The van der Waals surface area contributed by atoms with E-state index in [1.165, 1.54) is 57.8 Å². The van der Waals surface area contributed by atoms with Crippen molar-refractivity contribution in [2.75, 3.05) is 13.2 Å². The minimum absolute atomic E-state index is 0.106. The van der Waals surface area contributed by atoms with E-state index in [-0.39, 0.29) is 12.6 Å². The lowest BCUT2D eigenvalue weighted by atomic mass is 10.1. The van der Waals surface area contributed by atoms with Crippen LogP contribution in [0.2, 0.25) is 0 Å². The number of hydrogen-bond donors (Lipinski definition) is 2. The molecule has 1 fully saturated rings. The van der Waals surface area contributed by atoms with Gasteiger partial charge in [-0.05, 0) is 38.5 Å². The van der Waals surface area contributed by atoms with Gasteiger partial charge in [0.25, 0.3) is 0 Å². The molecule has 0 amide bonds. The number of rotatable bonds is 18. The normalized spacial score (nSPS) is 20.4. The molecule has 0 spiro atoms. The molecule has 1 aliphatic heterocycles. The molecule has 1 heterocycles. The minimum Gasteiger partial charge on any atom is -0.463 e. The van der Waals surface area contributed by atoms with Gasteiger partial charge in [-0.2, -0.15) is 0 Å². The molecule has 0 radical (unpaired) electrons. The Kier molecular flexibility index (Phi) is 16.1. The number of hydrogen-bond acceptors (Lipinski definition) is 5. The van der Waals surface area contributed by atoms with Crippen LogP contribution in [0.3, 0.4) is 0 Å². The number of ether oxygens (including phenoxy) is 2. The fourth-order valence-corrected chi connectivity index (χ4v) is 3.65. The van der Waals surface area contributed by atoms with Crippen molar-refractivity contribution >= 4 is 5.97 Å². The predicted octanol–water partition coefficient (Wildman–Crippen LogP) is 5.08. The van der Waals surface area contributed by atoms with E-state index in [4.69, 9.17) is 9.47 Å². The quantitative estimate of drug-likeness (QED) is 0.187. The van der Waals surface area contributed by atoms with Gasteiger partial charge in [-0.1, -0.05) is 70.4 Å². The highest BCUT2D eigenvalue weighted by atomic mass is 16.6. The Hall–Kier alpha value is -0.910. The summed E-state index contributed by atoms with van der Waals surface area (Å²) in [6.07, 6.45) is 19.2. The lowest BCUT2D eigenvalue weighted by molar-refractivity contribution is -0.151. The maximum atomic E-state index is 11.7. The Morgan fingerprint density at radius 2 is 1.59 bits per heavy atom. The number of carbonyl (C=O) groups excluding carboxylic acids is 1. The molecule has 3 atom stereocenters. The van der Waals surface area contributed by atoms with Crippen LogP contribution in [0.4, 0.5) is 0 Å². The van der Waals surface area contributed by atoms with Crippen molar-refractivity contribution in [3.8, 4) is 0 Å². The van der Waals surface area contributed by atoms with Gasteiger partial charge in [-0.25, -0.2) is 0 Å². The number of esters is 1. The Morgan fingerprint density at radius 3 is 2.17 bits per heavy atom. The summed E-state index contributed by atoms with van der Waals surface area (Å²) in [5.74, 6) is -0.283. The van der Waals surface area contributed by atoms with Gasteiger partial charge in [0.2, 0.25) is 0 Å². The summed E-state index contributed by atoms with van der Waals surface area (Å²) < 4.78 is 10.3. The van der Waals surface area contributed by atoms with Crippen LogP contribution in [-0.4, -0.2) is 47.7 Å². The summed E-state index contributed by atoms with van der Waals surface area (Å²) in [5.41, 5.74) is 0. The van der Waals surface area contributed by atoms with Crippen LogP contribution in [0.1, 0.15) is 103 Å². The summed E-state index contributed by atoms with van der Waals surface area (Å²) in [4.78, 5) is 11.7. The molecular weight excluding hydrogens is 368 g/mol. The molecule has 5 nitrogen and oxygen atoms in total. The van der Waals surface area contributed by atoms with Crippen molar-refractivity contribution in [3.63, 3.8) is 0 Å². The second-order valence-corrected chi connectivity index (χ2v) is 8.28. The highest BCUT2D eigenvalue weighted by molar-refractivity contribution is 5.69. The molecule has 0 bridgehead atoms. The van der Waals surface area contributed by atoms with Gasteiger partial charge in [0.1, 0.15) is 18.8 Å². The van der Waals surface area contributed by atoms with Crippen LogP contribution in [-0.2, 0) is 14.3 Å². The number of allylic oxidation sites excluding steroid dienone is 2. The Bertz CT molecular complexity index is 423. The minimum atomic E-state index is -0.953. The van der Waals surface area contributed by atoms with Crippen LogP contribution in [0.25, 0.3) is 0 Å². The first-order valence-corrected chi connectivity index (χ1v) is 11.9. The van der Waals surface area contributed by atoms with E-state index in [1.807, 2.05) is 0 Å².